The lowest BCUT2D eigenvalue weighted by Gasteiger charge is -2.17. The van der Waals surface area contributed by atoms with Crippen molar-refractivity contribution in [2.24, 2.45) is 5.10 Å². The minimum atomic E-state index is -0.255. The van der Waals surface area contributed by atoms with E-state index in [0.717, 1.165) is 24.3 Å². The van der Waals surface area contributed by atoms with Crippen LogP contribution in [0.3, 0.4) is 0 Å². The summed E-state index contributed by atoms with van der Waals surface area (Å²) >= 11 is 6.06. The Bertz CT molecular complexity index is 973. The first-order valence-corrected chi connectivity index (χ1v) is 9.08. The van der Waals surface area contributed by atoms with Crippen molar-refractivity contribution in [3.05, 3.63) is 100 Å². The van der Waals surface area contributed by atoms with Crippen molar-refractivity contribution in [1.82, 2.24) is 5.43 Å². The first-order valence-electron chi connectivity index (χ1n) is 8.70. The van der Waals surface area contributed by atoms with E-state index in [-0.39, 0.29) is 5.91 Å². The largest absolute Gasteiger partial charge is 0.363 e. The molecule has 1 heterocycles. The Morgan fingerprint density at radius 2 is 1.56 bits per heavy atom. The second-order valence-corrected chi connectivity index (χ2v) is 6.80. The Kier molecular flexibility index (Phi) is 4.90. The summed E-state index contributed by atoms with van der Waals surface area (Å²) in [5, 5.41) is 4.58. The van der Waals surface area contributed by atoms with E-state index in [1.807, 2.05) is 42.5 Å². The minimum absolute atomic E-state index is 0.255. The number of benzene rings is 3. The molecule has 0 spiro atoms. The molecule has 4 nitrogen and oxygen atoms in total. The highest BCUT2D eigenvalue weighted by Crippen LogP contribution is 2.28. The van der Waals surface area contributed by atoms with Crippen LogP contribution in [0, 0.1) is 0 Å². The van der Waals surface area contributed by atoms with Crippen LogP contribution in [0.15, 0.2) is 77.9 Å². The van der Waals surface area contributed by atoms with Gasteiger partial charge in [0, 0.05) is 34.9 Å². The highest BCUT2D eigenvalue weighted by Gasteiger charge is 2.18. The number of fused-ring (bicyclic) bond motifs is 1. The van der Waals surface area contributed by atoms with Gasteiger partial charge in [-0.15, -0.1) is 0 Å². The molecule has 0 atom stereocenters. The monoisotopic (exact) mass is 375 g/mol. The summed E-state index contributed by atoms with van der Waals surface area (Å²) in [6.45, 7) is 1.79. The number of hydrazone groups is 1. The van der Waals surface area contributed by atoms with Gasteiger partial charge in [0.05, 0.1) is 6.21 Å². The van der Waals surface area contributed by atoms with Gasteiger partial charge in [-0.2, -0.15) is 5.10 Å². The maximum atomic E-state index is 12.3. The topological polar surface area (TPSA) is 44.7 Å². The van der Waals surface area contributed by atoms with Crippen molar-refractivity contribution in [2.45, 2.75) is 13.1 Å². The number of hydrogen-bond acceptors (Lipinski definition) is 3. The van der Waals surface area contributed by atoms with Crippen LogP contribution in [0.5, 0.6) is 0 Å². The van der Waals surface area contributed by atoms with Crippen molar-refractivity contribution in [2.75, 3.05) is 4.90 Å². The molecule has 1 N–H and O–H groups in total. The SMILES string of the molecule is O=C(N/N=C\c1ccccc1Cl)c1ccc(N2Cc3ccccc3C2)cc1. The van der Waals surface area contributed by atoms with Gasteiger partial charge in [-0.05, 0) is 41.5 Å². The van der Waals surface area contributed by atoms with Gasteiger partial charge >= 0.3 is 0 Å². The van der Waals surface area contributed by atoms with Crippen molar-refractivity contribution >= 4 is 29.4 Å². The van der Waals surface area contributed by atoms with Crippen LogP contribution in [0.1, 0.15) is 27.0 Å². The normalized spacial score (nSPS) is 13.0. The lowest BCUT2D eigenvalue weighted by molar-refractivity contribution is 0.0955. The maximum absolute atomic E-state index is 12.3. The molecule has 0 saturated carbocycles. The Balaban J connectivity index is 1.39. The molecule has 1 aliphatic heterocycles. The van der Waals surface area contributed by atoms with Crippen LogP contribution < -0.4 is 10.3 Å². The van der Waals surface area contributed by atoms with Gasteiger partial charge in [0.25, 0.3) is 5.91 Å². The predicted molar refractivity (Wildman–Crippen MR) is 109 cm³/mol. The number of nitrogens with one attached hydrogen (secondary N) is 1. The standard InChI is InChI=1S/C22H18ClN3O/c23-21-8-4-3-5-17(21)13-24-25-22(27)16-9-11-20(12-10-16)26-14-18-6-1-2-7-19(18)15-26/h1-13H,14-15H2,(H,25,27)/b24-13-. The van der Waals surface area contributed by atoms with E-state index in [1.54, 1.807) is 6.07 Å². The molecule has 0 radical (unpaired) electrons. The fraction of sp³-hybridized carbons (Fsp3) is 0.0909. The molecule has 1 aliphatic rings. The zero-order valence-corrected chi connectivity index (χ0v) is 15.4. The summed E-state index contributed by atoms with van der Waals surface area (Å²) in [6.07, 6.45) is 1.54. The van der Waals surface area contributed by atoms with E-state index in [9.17, 15) is 4.79 Å². The molecular formula is C22H18ClN3O. The van der Waals surface area contributed by atoms with E-state index in [2.05, 4.69) is 39.7 Å². The highest BCUT2D eigenvalue weighted by atomic mass is 35.5. The molecule has 134 valence electrons. The van der Waals surface area contributed by atoms with Gasteiger partial charge in [-0.25, -0.2) is 5.43 Å². The van der Waals surface area contributed by atoms with Gasteiger partial charge in [0.15, 0.2) is 0 Å². The zero-order chi connectivity index (χ0) is 18.6. The van der Waals surface area contributed by atoms with Gasteiger partial charge in [0.1, 0.15) is 0 Å². The average molecular weight is 376 g/mol. The van der Waals surface area contributed by atoms with Crippen LogP contribution in [-0.4, -0.2) is 12.1 Å². The van der Waals surface area contributed by atoms with Crippen LogP contribution in [0.4, 0.5) is 5.69 Å². The second kappa shape index (κ2) is 7.64. The number of rotatable bonds is 4. The summed E-state index contributed by atoms with van der Waals surface area (Å²) in [4.78, 5) is 14.6. The molecule has 1 amide bonds. The molecule has 0 bridgehead atoms. The molecule has 0 aromatic heterocycles. The Hall–Kier alpha value is -3.11. The molecular weight excluding hydrogens is 358 g/mol. The Morgan fingerprint density at radius 1 is 0.926 bits per heavy atom. The van der Waals surface area contributed by atoms with Crippen LogP contribution in [0.2, 0.25) is 5.02 Å². The van der Waals surface area contributed by atoms with Crippen molar-refractivity contribution in [3.63, 3.8) is 0 Å². The lowest BCUT2D eigenvalue weighted by Crippen LogP contribution is -2.18. The first kappa shape index (κ1) is 17.3. The third kappa shape index (κ3) is 3.86. The van der Waals surface area contributed by atoms with Crippen LogP contribution in [0.25, 0.3) is 0 Å². The average Bonchev–Trinajstić information content (AvgIpc) is 3.14. The Morgan fingerprint density at radius 3 is 2.22 bits per heavy atom. The third-order valence-corrected chi connectivity index (χ3v) is 4.95. The highest BCUT2D eigenvalue weighted by molar-refractivity contribution is 6.33. The van der Waals surface area contributed by atoms with Gasteiger partial charge < -0.3 is 4.90 Å². The number of nitrogens with zero attached hydrogens (tertiary/aromatic N) is 2. The fourth-order valence-corrected chi connectivity index (χ4v) is 3.33. The molecule has 27 heavy (non-hydrogen) atoms. The van der Waals surface area contributed by atoms with Crippen molar-refractivity contribution in [1.29, 1.82) is 0 Å². The van der Waals surface area contributed by atoms with Gasteiger partial charge in [-0.1, -0.05) is 54.1 Å². The molecule has 3 aromatic carbocycles. The minimum Gasteiger partial charge on any atom is -0.363 e. The Labute approximate surface area is 163 Å². The predicted octanol–water partition coefficient (Wildman–Crippen LogP) is 4.62. The number of carbonyl (C=O) groups excluding carboxylic acids is 1. The van der Waals surface area contributed by atoms with Crippen molar-refractivity contribution < 1.29 is 4.79 Å². The van der Waals surface area contributed by atoms with E-state index >= 15 is 0 Å². The lowest BCUT2D eigenvalue weighted by atomic mass is 10.1. The molecule has 4 rings (SSSR count). The zero-order valence-electron chi connectivity index (χ0n) is 14.6. The van der Waals surface area contributed by atoms with Gasteiger partial charge in [-0.3, -0.25) is 4.79 Å². The number of carbonyl (C=O) groups is 1. The summed E-state index contributed by atoms with van der Waals surface area (Å²) < 4.78 is 0. The molecule has 5 heteroatoms. The van der Waals surface area contributed by atoms with E-state index < -0.39 is 0 Å². The van der Waals surface area contributed by atoms with Gasteiger partial charge in [0.2, 0.25) is 0 Å². The number of anilines is 1. The van der Waals surface area contributed by atoms with Crippen molar-refractivity contribution in [3.8, 4) is 0 Å². The molecule has 3 aromatic rings. The molecule has 0 aliphatic carbocycles. The number of amides is 1. The number of hydrogen-bond donors (Lipinski definition) is 1. The fourth-order valence-electron chi connectivity index (χ4n) is 3.14. The van der Waals surface area contributed by atoms with E-state index in [4.69, 9.17) is 11.6 Å². The van der Waals surface area contributed by atoms with E-state index in [1.165, 1.54) is 17.3 Å². The number of halogens is 1. The summed E-state index contributed by atoms with van der Waals surface area (Å²) in [6, 6.07) is 23.4. The third-order valence-electron chi connectivity index (χ3n) is 4.61. The molecule has 0 saturated heterocycles. The molecule has 0 fully saturated rings. The summed E-state index contributed by atoms with van der Waals surface area (Å²) in [5.74, 6) is -0.255. The second-order valence-electron chi connectivity index (χ2n) is 6.39. The first-order chi connectivity index (χ1) is 13.2. The quantitative estimate of drug-likeness (QED) is 0.534. The van der Waals surface area contributed by atoms with Crippen LogP contribution >= 0.6 is 11.6 Å². The summed E-state index contributed by atoms with van der Waals surface area (Å²) in [5.41, 5.74) is 7.66. The maximum Gasteiger partial charge on any atom is 0.271 e. The van der Waals surface area contributed by atoms with E-state index in [0.29, 0.717) is 10.6 Å². The molecule has 0 unspecified atom stereocenters. The summed E-state index contributed by atoms with van der Waals surface area (Å²) in [7, 11) is 0. The van der Waals surface area contributed by atoms with Crippen LogP contribution in [-0.2, 0) is 13.1 Å². The smallest absolute Gasteiger partial charge is 0.271 e.